The first kappa shape index (κ1) is 29.8. The lowest BCUT2D eigenvalue weighted by atomic mass is 10.0. The quantitative estimate of drug-likeness (QED) is 0.171. The predicted molar refractivity (Wildman–Crippen MR) is 176 cm³/mol. The van der Waals surface area contributed by atoms with E-state index in [9.17, 15) is 4.79 Å². The number of carbonyl (C=O) groups is 1. The highest BCUT2D eigenvalue weighted by molar-refractivity contribution is 6.36. The highest BCUT2D eigenvalue weighted by atomic mass is 35.5. The Balaban J connectivity index is 1.15. The van der Waals surface area contributed by atoms with E-state index in [0.29, 0.717) is 56.9 Å². The van der Waals surface area contributed by atoms with Crippen LogP contribution >= 0.6 is 11.6 Å². The third-order valence-corrected chi connectivity index (χ3v) is 10.3. The van der Waals surface area contributed by atoms with Crippen LogP contribution in [0.15, 0.2) is 49.1 Å². The first-order valence-electron chi connectivity index (χ1n) is 16.0. The minimum Gasteiger partial charge on any atom is -0.461 e. The van der Waals surface area contributed by atoms with Crippen molar-refractivity contribution in [2.45, 2.75) is 57.2 Å². The third kappa shape index (κ3) is 6.06. The zero-order valence-electron chi connectivity index (χ0n) is 25.6. The van der Waals surface area contributed by atoms with E-state index in [-0.39, 0.29) is 18.5 Å². The van der Waals surface area contributed by atoms with Crippen LogP contribution in [-0.2, 0) is 22.5 Å². The molecule has 1 saturated heterocycles. The Hall–Kier alpha value is -3.87. The molecule has 1 amide bonds. The van der Waals surface area contributed by atoms with Gasteiger partial charge in [0, 0.05) is 42.8 Å². The number of anilines is 2. The first-order valence-corrected chi connectivity index (χ1v) is 16.4. The van der Waals surface area contributed by atoms with Crippen LogP contribution in [0.3, 0.4) is 0 Å². The van der Waals surface area contributed by atoms with Gasteiger partial charge in [0.2, 0.25) is 12.5 Å². The van der Waals surface area contributed by atoms with Gasteiger partial charge >= 0.3 is 6.01 Å². The number of amides is 1. The number of hydrogen-bond donors (Lipinski definition) is 0. The summed E-state index contributed by atoms with van der Waals surface area (Å²) in [6.07, 6.45) is 8.70. The maximum Gasteiger partial charge on any atom is 0.318 e. The molecular weight excluding hydrogens is 588 g/mol. The summed E-state index contributed by atoms with van der Waals surface area (Å²) in [5.74, 6) is 0.690. The van der Waals surface area contributed by atoms with Gasteiger partial charge < -0.3 is 29.0 Å². The van der Waals surface area contributed by atoms with Gasteiger partial charge in [-0.15, -0.1) is 0 Å². The summed E-state index contributed by atoms with van der Waals surface area (Å²) in [4.78, 5) is 32.4. The lowest BCUT2D eigenvalue weighted by Crippen LogP contribution is -2.56. The van der Waals surface area contributed by atoms with Crippen molar-refractivity contribution in [3.63, 3.8) is 0 Å². The smallest absolute Gasteiger partial charge is 0.318 e. The van der Waals surface area contributed by atoms with Crippen molar-refractivity contribution in [3.8, 4) is 6.01 Å². The summed E-state index contributed by atoms with van der Waals surface area (Å²) >= 11 is 6.71. The SMILES string of the molecule is [C-]#[N+]C[C@H]1CN(c2nc(OCCOC3CCC4(CC4)C3)nc3c2CCN(c2cccc4cccc(Cl)c24)C3)CCN1C(=O)C=C. The van der Waals surface area contributed by atoms with Crippen LogP contribution < -0.4 is 14.5 Å². The highest BCUT2D eigenvalue weighted by Gasteiger charge is 2.48. The van der Waals surface area contributed by atoms with Crippen molar-refractivity contribution in [2.24, 2.45) is 5.41 Å². The van der Waals surface area contributed by atoms with Crippen LogP contribution in [0.4, 0.5) is 11.5 Å². The third-order valence-electron chi connectivity index (χ3n) is 10.0. The van der Waals surface area contributed by atoms with Crippen LogP contribution in [0.25, 0.3) is 15.6 Å². The maximum absolute atomic E-state index is 12.6. The number of halogens is 1. The zero-order valence-corrected chi connectivity index (χ0v) is 26.3. The largest absolute Gasteiger partial charge is 0.461 e. The van der Waals surface area contributed by atoms with Crippen LogP contribution in [0.1, 0.15) is 43.4 Å². The van der Waals surface area contributed by atoms with Crippen LogP contribution in [0.2, 0.25) is 5.02 Å². The Morgan fingerprint density at radius 3 is 2.73 bits per heavy atom. The molecule has 3 aromatic rings. The van der Waals surface area contributed by atoms with E-state index in [1.54, 1.807) is 4.90 Å². The van der Waals surface area contributed by atoms with Gasteiger partial charge in [0.05, 0.1) is 30.0 Å². The molecule has 234 valence electrons. The fourth-order valence-corrected chi connectivity index (χ4v) is 7.73. The molecule has 0 bridgehead atoms. The Morgan fingerprint density at radius 1 is 1.11 bits per heavy atom. The van der Waals surface area contributed by atoms with E-state index < -0.39 is 0 Å². The lowest BCUT2D eigenvalue weighted by Gasteiger charge is -2.41. The topological polar surface area (TPSA) is 75.4 Å². The molecule has 2 atom stereocenters. The molecule has 10 heteroatoms. The molecule has 3 heterocycles. The standard InChI is InChI=1S/C35H39ClN6O3/c1-3-31(43)42-17-16-41(22-25(42)21-37-2)33-27-11-15-40(30-9-5-7-24-6-4-8-28(36)32(24)30)23-29(27)38-34(39-33)45-19-18-44-26-10-12-35(20-26)13-14-35/h3-9,25-26H,1,10-23H2/t25-,26?/m0/s1. The number of piperazine rings is 1. The average Bonchev–Trinajstić information content (AvgIpc) is 3.71. The molecule has 0 N–H and O–H groups in total. The number of fused-ring (bicyclic) bond motifs is 2. The van der Waals surface area contributed by atoms with E-state index in [2.05, 4.69) is 45.5 Å². The normalized spacial score (nSPS) is 21.9. The molecule has 2 saturated carbocycles. The molecule has 9 nitrogen and oxygen atoms in total. The molecule has 7 rings (SSSR count). The molecular formula is C35H39ClN6O3. The van der Waals surface area contributed by atoms with E-state index in [1.165, 1.54) is 31.8 Å². The lowest BCUT2D eigenvalue weighted by molar-refractivity contribution is -0.128. The molecule has 45 heavy (non-hydrogen) atoms. The van der Waals surface area contributed by atoms with Gasteiger partial charge in [0.25, 0.3) is 0 Å². The van der Waals surface area contributed by atoms with Gasteiger partial charge in [-0.3, -0.25) is 4.79 Å². The molecule has 2 aromatic carbocycles. The minimum atomic E-state index is -0.246. The number of hydrogen-bond acceptors (Lipinski definition) is 7. The number of carbonyl (C=O) groups excluding carboxylic acids is 1. The fourth-order valence-electron chi connectivity index (χ4n) is 7.45. The molecule has 1 spiro atoms. The fraction of sp³-hybridized carbons (Fsp3) is 0.486. The minimum absolute atomic E-state index is 0.142. The number of aromatic nitrogens is 2. The molecule has 0 radical (unpaired) electrons. The summed E-state index contributed by atoms with van der Waals surface area (Å²) in [7, 11) is 0. The number of benzene rings is 2. The van der Waals surface area contributed by atoms with Gasteiger partial charge in [0.15, 0.2) is 0 Å². The van der Waals surface area contributed by atoms with Gasteiger partial charge in [-0.25, -0.2) is 6.57 Å². The van der Waals surface area contributed by atoms with Crippen molar-refractivity contribution >= 4 is 39.8 Å². The summed E-state index contributed by atoms with van der Waals surface area (Å²) in [5, 5.41) is 2.87. The number of nitrogens with zero attached hydrogens (tertiary/aromatic N) is 6. The van der Waals surface area contributed by atoms with Crippen molar-refractivity contribution in [3.05, 3.63) is 76.8 Å². The molecule has 2 aliphatic heterocycles. The second-order valence-electron chi connectivity index (χ2n) is 12.8. The Morgan fingerprint density at radius 2 is 1.96 bits per heavy atom. The van der Waals surface area contributed by atoms with Crippen LogP contribution in [-0.4, -0.2) is 78.9 Å². The molecule has 2 aliphatic carbocycles. The summed E-state index contributed by atoms with van der Waals surface area (Å²) < 4.78 is 12.4. The Labute approximate surface area is 269 Å². The molecule has 4 aliphatic rings. The Bertz CT molecular complexity index is 1650. The van der Waals surface area contributed by atoms with Gasteiger partial charge in [0.1, 0.15) is 18.5 Å². The number of rotatable bonds is 9. The molecule has 3 fully saturated rings. The van der Waals surface area contributed by atoms with Gasteiger partial charge in [-0.05, 0) is 67.5 Å². The van der Waals surface area contributed by atoms with Crippen molar-refractivity contribution in [1.82, 2.24) is 14.9 Å². The second kappa shape index (κ2) is 12.5. The monoisotopic (exact) mass is 626 g/mol. The Kier molecular flexibility index (Phi) is 8.28. The summed E-state index contributed by atoms with van der Waals surface area (Å²) in [6.45, 7) is 15.3. The number of ether oxygens (including phenoxy) is 2. The van der Waals surface area contributed by atoms with E-state index >= 15 is 0 Å². The van der Waals surface area contributed by atoms with Crippen molar-refractivity contribution in [2.75, 3.05) is 55.7 Å². The van der Waals surface area contributed by atoms with Crippen molar-refractivity contribution < 1.29 is 14.3 Å². The summed E-state index contributed by atoms with van der Waals surface area (Å²) in [5.41, 5.74) is 3.67. The highest BCUT2D eigenvalue weighted by Crippen LogP contribution is 2.58. The van der Waals surface area contributed by atoms with Crippen molar-refractivity contribution in [1.29, 1.82) is 0 Å². The van der Waals surface area contributed by atoms with Crippen LogP contribution in [0.5, 0.6) is 6.01 Å². The first-order chi connectivity index (χ1) is 22.0. The van der Waals surface area contributed by atoms with Gasteiger partial charge in [-0.1, -0.05) is 42.4 Å². The van der Waals surface area contributed by atoms with Gasteiger partial charge in [-0.2, -0.15) is 9.97 Å². The van der Waals surface area contributed by atoms with E-state index in [4.69, 9.17) is 37.6 Å². The maximum atomic E-state index is 12.6. The van der Waals surface area contributed by atoms with E-state index in [1.807, 2.05) is 12.1 Å². The predicted octanol–water partition coefficient (Wildman–Crippen LogP) is 5.70. The second-order valence-corrected chi connectivity index (χ2v) is 13.2. The van der Waals surface area contributed by atoms with Crippen LogP contribution in [0, 0.1) is 12.0 Å². The summed E-state index contributed by atoms with van der Waals surface area (Å²) in [6, 6.07) is 12.4. The average molecular weight is 627 g/mol. The molecule has 1 unspecified atom stereocenters. The van der Waals surface area contributed by atoms with E-state index in [0.717, 1.165) is 57.9 Å². The molecule has 1 aromatic heterocycles. The zero-order chi connectivity index (χ0) is 31.0.